The average molecular weight is 397 g/mol. The summed E-state index contributed by atoms with van der Waals surface area (Å²) in [5.74, 6) is -0.485. The molecular weight excluding hydrogens is 374 g/mol. The Morgan fingerprint density at radius 3 is 2.52 bits per heavy atom. The van der Waals surface area contributed by atoms with E-state index >= 15 is 0 Å². The molecular formula is C20H23N5O4. The second kappa shape index (κ2) is 9.13. The van der Waals surface area contributed by atoms with Gasteiger partial charge in [0.1, 0.15) is 5.69 Å². The van der Waals surface area contributed by atoms with Crippen LogP contribution in [0.5, 0.6) is 0 Å². The van der Waals surface area contributed by atoms with E-state index in [1.807, 2.05) is 4.90 Å². The highest BCUT2D eigenvalue weighted by atomic mass is 16.5. The van der Waals surface area contributed by atoms with E-state index in [4.69, 9.17) is 4.74 Å². The molecule has 152 valence electrons. The van der Waals surface area contributed by atoms with Crippen LogP contribution in [0.15, 0.2) is 36.5 Å². The first-order chi connectivity index (χ1) is 14.0. The number of anilines is 2. The fraction of sp³-hybridized carbons (Fsp3) is 0.350. The Balaban J connectivity index is 1.73. The lowest BCUT2D eigenvalue weighted by Crippen LogP contribution is -2.48. The molecule has 1 aromatic carbocycles. The predicted molar refractivity (Wildman–Crippen MR) is 107 cm³/mol. The molecule has 2 aromatic rings. The van der Waals surface area contributed by atoms with Crippen molar-refractivity contribution in [3.05, 3.63) is 47.8 Å². The first kappa shape index (κ1) is 20.2. The van der Waals surface area contributed by atoms with Gasteiger partial charge in [0.15, 0.2) is 0 Å². The van der Waals surface area contributed by atoms with Crippen LogP contribution >= 0.6 is 0 Å². The quantitative estimate of drug-likeness (QED) is 0.764. The second-order valence-electron chi connectivity index (χ2n) is 6.46. The van der Waals surface area contributed by atoms with Crippen molar-refractivity contribution in [2.24, 2.45) is 0 Å². The molecule has 1 N–H and O–H groups in total. The number of hydrogen-bond acceptors (Lipinski definition) is 7. The molecule has 1 aromatic heterocycles. The molecule has 0 unspecified atom stereocenters. The zero-order valence-electron chi connectivity index (χ0n) is 16.4. The summed E-state index contributed by atoms with van der Waals surface area (Å²) >= 11 is 0. The van der Waals surface area contributed by atoms with Crippen LogP contribution in [0.1, 0.15) is 34.7 Å². The van der Waals surface area contributed by atoms with E-state index in [-0.39, 0.29) is 23.8 Å². The van der Waals surface area contributed by atoms with Crippen molar-refractivity contribution in [1.82, 2.24) is 14.9 Å². The molecule has 0 aliphatic carbocycles. The number of rotatable bonds is 5. The number of nitrogens with zero attached hydrogens (tertiary/aromatic N) is 4. The van der Waals surface area contributed by atoms with Crippen LogP contribution in [0.4, 0.5) is 11.6 Å². The highest BCUT2D eigenvalue weighted by Gasteiger charge is 2.22. The molecule has 1 saturated heterocycles. The highest BCUT2D eigenvalue weighted by Crippen LogP contribution is 2.18. The van der Waals surface area contributed by atoms with Gasteiger partial charge in [-0.3, -0.25) is 9.59 Å². The molecule has 0 saturated carbocycles. The van der Waals surface area contributed by atoms with Crippen molar-refractivity contribution < 1.29 is 19.1 Å². The Labute approximate surface area is 168 Å². The van der Waals surface area contributed by atoms with Crippen molar-refractivity contribution in [1.29, 1.82) is 0 Å². The minimum absolute atomic E-state index is 0.0407. The molecule has 9 nitrogen and oxygen atoms in total. The molecule has 1 fully saturated rings. The zero-order valence-corrected chi connectivity index (χ0v) is 16.4. The number of esters is 1. The van der Waals surface area contributed by atoms with Gasteiger partial charge in [0.05, 0.1) is 17.9 Å². The third-order valence-electron chi connectivity index (χ3n) is 4.55. The second-order valence-corrected chi connectivity index (χ2v) is 6.46. The summed E-state index contributed by atoms with van der Waals surface area (Å²) in [5, 5.41) is 2.72. The number of ether oxygens (including phenoxy) is 1. The van der Waals surface area contributed by atoms with E-state index in [9.17, 15) is 14.4 Å². The normalized spacial score (nSPS) is 13.7. The van der Waals surface area contributed by atoms with Gasteiger partial charge in [-0.2, -0.15) is 0 Å². The van der Waals surface area contributed by atoms with Gasteiger partial charge in [-0.25, -0.2) is 14.8 Å². The molecule has 3 rings (SSSR count). The maximum atomic E-state index is 12.7. The van der Waals surface area contributed by atoms with Crippen molar-refractivity contribution in [2.45, 2.75) is 13.8 Å². The van der Waals surface area contributed by atoms with Crippen LogP contribution < -0.4 is 10.2 Å². The summed E-state index contributed by atoms with van der Waals surface area (Å²) in [6, 6.07) is 8.15. The SMILES string of the molecule is CCOC(=O)c1ccccc1NC(=O)c1ccnc(N2CCN(C(C)=O)CC2)n1. The lowest BCUT2D eigenvalue weighted by atomic mass is 10.1. The van der Waals surface area contributed by atoms with E-state index in [1.54, 1.807) is 43.0 Å². The standard InChI is InChI=1S/C20H23N5O4/c1-3-29-19(28)15-6-4-5-7-16(15)22-18(27)17-8-9-21-20(23-17)25-12-10-24(11-13-25)14(2)26/h4-9H,3,10-13H2,1-2H3,(H,22,27). The number of amides is 2. The van der Waals surface area contributed by atoms with E-state index in [1.165, 1.54) is 12.3 Å². The van der Waals surface area contributed by atoms with E-state index in [0.29, 0.717) is 37.8 Å². The largest absolute Gasteiger partial charge is 0.462 e. The van der Waals surface area contributed by atoms with E-state index in [2.05, 4.69) is 15.3 Å². The Morgan fingerprint density at radius 1 is 1.10 bits per heavy atom. The monoisotopic (exact) mass is 397 g/mol. The molecule has 2 heterocycles. The number of carbonyl (C=O) groups excluding carboxylic acids is 3. The van der Waals surface area contributed by atoms with Crippen LogP contribution in [-0.4, -0.2) is 65.4 Å². The van der Waals surface area contributed by atoms with Gasteiger partial charge in [-0.05, 0) is 25.1 Å². The molecule has 0 radical (unpaired) electrons. The molecule has 2 amide bonds. The van der Waals surface area contributed by atoms with Crippen LogP contribution in [-0.2, 0) is 9.53 Å². The number of nitrogens with one attached hydrogen (secondary N) is 1. The minimum atomic E-state index is -0.505. The number of carbonyl (C=O) groups is 3. The first-order valence-electron chi connectivity index (χ1n) is 9.40. The van der Waals surface area contributed by atoms with Crippen LogP contribution in [0, 0.1) is 0 Å². The Kier molecular flexibility index (Phi) is 6.38. The van der Waals surface area contributed by atoms with Crippen LogP contribution in [0.3, 0.4) is 0 Å². The van der Waals surface area contributed by atoms with Gasteiger partial charge in [0.25, 0.3) is 5.91 Å². The molecule has 9 heteroatoms. The Bertz CT molecular complexity index is 909. The third-order valence-corrected chi connectivity index (χ3v) is 4.55. The highest BCUT2D eigenvalue weighted by molar-refractivity contribution is 6.07. The zero-order chi connectivity index (χ0) is 20.8. The van der Waals surface area contributed by atoms with Crippen molar-refractivity contribution in [3.8, 4) is 0 Å². The molecule has 1 aliphatic rings. The maximum absolute atomic E-state index is 12.7. The fourth-order valence-electron chi connectivity index (χ4n) is 3.01. The predicted octanol–water partition coefficient (Wildman–Crippen LogP) is 1.57. The smallest absolute Gasteiger partial charge is 0.340 e. The van der Waals surface area contributed by atoms with Gasteiger partial charge in [0.2, 0.25) is 11.9 Å². The summed E-state index contributed by atoms with van der Waals surface area (Å²) in [6.45, 7) is 5.87. The van der Waals surface area contributed by atoms with E-state index < -0.39 is 11.9 Å². The van der Waals surface area contributed by atoms with Crippen LogP contribution in [0.2, 0.25) is 0 Å². The lowest BCUT2D eigenvalue weighted by molar-refractivity contribution is -0.129. The lowest BCUT2D eigenvalue weighted by Gasteiger charge is -2.34. The van der Waals surface area contributed by atoms with Crippen molar-refractivity contribution in [2.75, 3.05) is 43.0 Å². The molecule has 0 bridgehead atoms. The van der Waals surface area contributed by atoms with Gasteiger partial charge < -0.3 is 19.9 Å². The third kappa shape index (κ3) is 4.87. The average Bonchev–Trinajstić information content (AvgIpc) is 2.74. The summed E-state index contributed by atoms with van der Waals surface area (Å²) < 4.78 is 5.03. The number of benzene rings is 1. The summed E-state index contributed by atoms with van der Waals surface area (Å²) in [6.07, 6.45) is 1.52. The van der Waals surface area contributed by atoms with Crippen molar-refractivity contribution >= 4 is 29.4 Å². The summed E-state index contributed by atoms with van der Waals surface area (Å²) in [7, 11) is 0. The Morgan fingerprint density at radius 2 is 1.83 bits per heavy atom. The summed E-state index contributed by atoms with van der Waals surface area (Å²) in [5.41, 5.74) is 0.811. The van der Waals surface area contributed by atoms with Gasteiger partial charge in [0, 0.05) is 39.3 Å². The number of hydrogen-bond donors (Lipinski definition) is 1. The van der Waals surface area contributed by atoms with Crippen molar-refractivity contribution in [3.63, 3.8) is 0 Å². The van der Waals surface area contributed by atoms with Gasteiger partial charge in [-0.15, -0.1) is 0 Å². The molecule has 29 heavy (non-hydrogen) atoms. The molecule has 1 aliphatic heterocycles. The minimum Gasteiger partial charge on any atom is -0.462 e. The number of para-hydroxylation sites is 1. The molecule has 0 atom stereocenters. The van der Waals surface area contributed by atoms with Gasteiger partial charge in [-0.1, -0.05) is 12.1 Å². The first-order valence-corrected chi connectivity index (χ1v) is 9.40. The van der Waals surface area contributed by atoms with E-state index in [0.717, 1.165) is 0 Å². The maximum Gasteiger partial charge on any atom is 0.340 e. The molecule has 0 spiro atoms. The van der Waals surface area contributed by atoms with Gasteiger partial charge >= 0.3 is 5.97 Å². The number of piperazine rings is 1. The Hall–Kier alpha value is -3.49. The van der Waals surface area contributed by atoms with Crippen LogP contribution in [0.25, 0.3) is 0 Å². The summed E-state index contributed by atoms with van der Waals surface area (Å²) in [4.78, 5) is 48.6. The topological polar surface area (TPSA) is 105 Å². The fourth-order valence-corrected chi connectivity index (χ4v) is 3.01. The number of aromatic nitrogens is 2.